The second-order valence-electron chi connectivity index (χ2n) is 7.36. The number of rotatable bonds is 5. The molecule has 0 radical (unpaired) electrons. The van der Waals surface area contributed by atoms with E-state index in [0.29, 0.717) is 17.8 Å². The van der Waals surface area contributed by atoms with Gasteiger partial charge in [0, 0.05) is 37.9 Å². The number of hydrogen-bond donors (Lipinski definition) is 1. The lowest BCUT2D eigenvalue weighted by Gasteiger charge is -2.40. The van der Waals surface area contributed by atoms with Crippen LogP contribution in [0.3, 0.4) is 0 Å². The molecule has 0 N–H and O–H groups in total. The van der Waals surface area contributed by atoms with Gasteiger partial charge in [0.25, 0.3) is 0 Å². The van der Waals surface area contributed by atoms with E-state index in [1.165, 1.54) is 16.7 Å². The first kappa shape index (κ1) is 19.2. The fourth-order valence-corrected chi connectivity index (χ4v) is 4.02. The van der Waals surface area contributed by atoms with E-state index >= 15 is 0 Å². The van der Waals surface area contributed by atoms with Gasteiger partial charge in [-0.3, -0.25) is 4.90 Å². The summed E-state index contributed by atoms with van der Waals surface area (Å²) in [6.45, 7) is 10.4. The van der Waals surface area contributed by atoms with Gasteiger partial charge in [-0.2, -0.15) is 0 Å². The first-order valence-electron chi connectivity index (χ1n) is 9.26. The number of methoxy groups -OCH3 is 1. The van der Waals surface area contributed by atoms with Gasteiger partial charge >= 0.3 is 0 Å². The third kappa shape index (κ3) is 4.40. The van der Waals surface area contributed by atoms with Crippen LogP contribution in [-0.2, 0) is 6.54 Å². The molecule has 1 aromatic carbocycles. The molecule has 1 unspecified atom stereocenters. The second kappa shape index (κ2) is 8.42. The minimum atomic E-state index is 0.301. The Morgan fingerprint density at radius 1 is 1.23 bits per heavy atom. The van der Waals surface area contributed by atoms with Crippen LogP contribution in [-0.4, -0.2) is 40.9 Å². The van der Waals surface area contributed by atoms with Crippen LogP contribution in [0.1, 0.15) is 48.2 Å². The summed E-state index contributed by atoms with van der Waals surface area (Å²) in [5.74, 6) is 1.20. The number of benzene rings is 1. The highest BCUT2D eigenvalue weighted by Crippen LogP contribution is 2.33. The Bertz CT molecular complexity index is 750. The molecule has 1 saturated heterocycles. The van der Waals surface area contributed by atoms with Crippen LogP contribution in [0, 0.1) is 6.92 Å². The van der Waals surface area contributed by atoms with Crippen molar-refractivity contribution in [3.63, 3.8) is 0 Å². The third-order valence-corrected chi connectivity index (χ3v) is 5.50. The zero-order valence-electron chi connectivity index (χ0n) is 16.1. The van der Waals surface area contributed by atoms with Crippen LogP contribution in [0.2, 0.25) is 0 Å². The van der Waals surface area contributed by atoms with Crippen molar-refractivity contribution in [3.8, 4) is 5.88 Å². The minimum absolute atomic E-state index is 0.301. The molecule has 0 saturated carbocycles. The topological polar surface area (TPSA) is 28.6 Å². The third-order valence-electron chi connectivity index (χ3n) is 5.02. The summed E-state index contributed by atoms with van der Waals surface area (Å²) in [5, 5.41) is 0. The molecule has 1 aliphatic rings. The van der Waals surface area contributed by atoms with Crippen molar-refractivity contribution in [2.24, 2.45) is 0 Å². The average Bonchev–Trinajstić information content (AvgIpc) is 2.62. The van der Waals surface area contributed by atoms with Gasteiger partial charge in [-0.1, -0.05) is 50.9 Å². The molecule has 140 valence electrons. The molecule has 4 nitrogen and oxygen atoms in total. The molecule has 0 bridgehead atoms. The van der Waals surface area contributed by atoms with Gasteiger partial charge in [0.1, 0.15) is 0 Å². The summed E-state index contributed by atoms with van der Waals surface area (Å²) in [5.41, 5.74) is 5.05. The van der Waals surface area contributed by atoms with Crippen LogP contribution in [0.15, 0.2) is 36.4 Å². The van der Waals surface area contributed by atoms with Crippen LogP contribution < -0.4 is 4.74 Å². The Morgan fingerprint density at radius 3 is 2.73 bits per heavy atom. The van der Waals surface area contributed by atoms with Gasteiger partial charge in [-0.25, -0.2) is 9.29 Å². The normalized spacial score (nSPS) is 19.1. The van der Waals surface area contributed by atoms with Crippen molar-refractivity contribution in [1.29, 1.82) is 0 Å². The predicted octanol–water partition coefficient (Wildman–Crippen LogP) is 4.23. The maximum absolute atomic E-state index is 5.32. The summed E-state index contributed by atoms with van der Waals surface area (Å²) >= 11 is 4.77. The molecule has 1 atom stereocenters. The molecular formula is C21H29N3OS. The fourth-order valence-electron chi connectivity index (χ4n) is 3.73. The standard InChI is InChI=1S/C21H29N3OS/c1-15(2)18-7-5-6-8-19(18)20-14-23(9-10-24(20)26)13-17-11-16(3)22-21(12-17)25-4/h5-8,11-12,15,20,26H,9-10,13-14H2,1-4H3. The number of thiol groups is 1. The van der Waals surface area contributed by atoms with Crippen LogP contribution in [0.5, 0.6) is 5.88 Å². The minimum Gasteiger partial charge on any atom is -0.481 e. The molecule has 2 heterocycles. The van der Waals surface area contributed by atoms with Crippen LogP contribution in [0.4, 0.5) is 0 Å². The Labute approximate surface area is 162 Å². The quantitative estimate of drug-likeness (QED) is 0.797. The lowest BCUT2D eigenvalue weighted by Crippen LogP contribution is -2.44. The van der Waals surface area contributed by atoms with Gasteiger partial charge in [0.15, 0.2) is 0 Å². The van der Waals surface area contributed by atoms with Crippen LogP contribution in [0.25, 0.3) is 0 Å². The molecule has 0 amide bonds. The van der Waals surface area contributed by atoms with Gasteiger partial charge in [-0.15, -0.1) is 0 Å². The Hall–Kier alpha value is -1.56. The molecular weight excluding hydrogens is 342 g/mol. The number of pyridine rings is 1. The molecule has 5 heteroatoms. The number of aryl methyl sites for hydroxylation is 1. The smallest absolute Gasteiger partial charge is 0.213 e. The van der Waals surface area contributed by atoms with Gasteiger partial charge in [-0.05, 0) is 35.6 Å². The van der Waals surface area contributed by atoms with Crippen LogP contribution >= 0.6 is 12.8 Å². The van der Waals surface area contributed by atoms with E-state index in [4.69, 9.17) is 17.6 Å². The van der Waals surface area contributed by atoms with Gasteiger partial charge < -0.3 is 4.74 Å². The largest absolute Gasteiger partial charge is 0.481 e. The summed E-state index contributed by atoms with van der Waals surface area (Å²) in [6.07, 6.45) is 0. The van der Waals surface area contributed by atoms with Crippen molar-refractivity contribution in [2.75, 3.05) is 26.7 Å². The first-order valence-corrected chi connectivity index (χ1v) is 9.66. The molecule has 1 aliphatic heterocycles. The van der Waals surface area contributed by atoms with E-state index in [-0.39, 0.29) is 0 Å². The van der Waals surface area contributed by atoms with Gasteiger partial charge in [0.05, 0.1) is 13.2 Å². The number of nitrogens with zero attached hydrogens (tertiary/aromatic N) is 3. The van der Waals surface area contributed by atoms with Crippen molar-refractivity contribution in [3.05, 3.63) is 58.8 Å². The molecule has 26 heavy (non-hydrogen) atoms. The summed E-state index contributed by atoms with van der Waals surface area (Å²) in [7, 11) is 1.67. The fraction of sp³-hybridized carbons (Fsp3) is 0.476. The number of aromatic nitrogens is 1. The monoisotopic (exact) mass is 371 g/mol. The Kier molecular flexibility index (Phi) is 6.22. The Morgan fingerprint density at radius 2 is 2.00 bits per heavy atom. The average molecular weight is 372 g/mol. The van der Waals surface area contributed by atoms with Crippen molar-refractivity contribution >= 4 is 12.8 Å². The zero-order chi connectivity index (χ0) is 18.7. The first-order chi connectivity index (χ1) is 12.5. The van der Waals surface area contributed by atoms with E-state index in [1.54, 1.807) is 7.11 Å². The van der Waals surface area contributed by atoms with Gasteiger partial charge in [0.2, 0.25) is 5.88 Å². The molecule has 1 fully saturated rings. The molecule has 0 aliphatic carbocycles. The number of hydrogen-bond acceptors (Lipinski definition) is 5. The molecule has 2 aromatic rings. The summed E-state index contributed by atoms with van der Waals surface area (Å²) < 4.78 is 7.51. The zero-order valence-corrected chi connectivity index (χ0v) is 17.0. The number of ether oxygens (including phenoxy) is 1. The van der Waals surface area contributed by atoms with E-state index in [9.17, 15) is 0 Å². The number of piperazine rings is 1. The maximum atomic E-state index is 5.32. The van der Waals surface area contributed by atoms with Crippen molar-refractivity contribution < 1.29 is 4.74 Å². The maximum Gasteiger partial charge on any atom is 0.213 e. The predicted molar refractivity (Wildman–Crippen MR) is 110 cm³/mol. The molecule has 1 aromatic heterocycles. The second-order valence-corrected chi connectivity index (χ2v) is 7.87. The summed E-state index contributed by atoms with van der Waals surface area (Å²) in [4.78, 5) is 6.89. The van der Waals surface area contributed by atoms with E-state index in [0.717, 1.165) is 31.9 Å². The Balaban J connectivity index is 1.80. The van der Waals surface area contributed by atoms with E-state index in [1.807, 2.05) is 13.0 Å². The van der Waals surface area contributed by atoms with Crippen molar-refractivity contribution in [2.45, 2.75) is 39.3 Å². The van der Waals surface area contributed by atoms with Crippen molar-refractivity contribution in [1.82, 2.24) is 14.2 Å². The lowest BCUT2D eigenvalue weighted by molar-refractivity contribution is 0.138. The highest BCUT2D eigenvalue weighted by Gasteiger charge is 2.28. The summed E-state index contributed by atoms with van der Waals surface area (Å²) in [6, 6.07) is 13.3. The highest BCUT2D eigenvalue weighted by molar-refractivity contribution is 7.77. The van der Waals surface area contributed by atoms with E-state index in [2.05, 4.69) is 58.4 Å². The van der Waals surface area contributed by atoms with E-state index < -0.39 is 0 Å². The SMILES string of the molecule is COc1cc(CN2CCN(S)C(c3ccccc3C(C)C)C2)cc(C)n1. The molecule has 0 spiro atoms. The highest BCUT2D eigenvalue weighted by atomic mass is 32.1. The lowest BCUT2D eigenvalue weighted by atomic mass is 9.91. The molecule has 3 rings (SSSR count).